The number of nitrogens with one attached hydrogen (secondary N) is 1. The molecule has 76 valence electrons. The van der Waals surface area contributed by atoms with Crippen LogP contribution >= 0.6 is 0 Å². The quantitative estimate of drug-likeness (QED) is 0.667. The van der Waals surface area contributed by atoms with Gasteiger partial charge in [0.2, 0.25) is 0 Å². The van der Waals surface area contributed by atoms with Gasteiger partial charge in [-0.3, -0.25) is 4.90 Å². The molecule has 0 aromatic carbocycles. The van der Waals surface area contributed by atoms with Crippen LogP contribution in [-0.4, -0.2) is 37.6 Å². The molecule has 1 unspecified atom stereocenters. The standard InChI is InChI=1S/C11H22N2/c1-3-4-10-13(2)11-6-5-8-12-9-7-11/h3-4,11-12H,5-10H2,1-2H3/b4-3+. The highest BCUT2D eigenvalue weighted by molar-refractivity contribution is 4.83. The number of hydrogen-bond acceptors (Lipinski definition) is 2. The Kier molecular flexibility index (Phi) is 5.09. The highest BCUT2D eigenvalue weighted by atomic mass is 15.1. The fourth-order valence-corrected chi connectivity index (χ4v) is 1.86. The molecule has 1 fully saturated rings. The van der Waals surface area contributed by atoms with E-state index in [0.717, 1.165) is 12.6 Å². The molecular formula is C11H22N2. The van der Waals surface area contributed by atoms with Crippen molar-refractivity contribution in [1.29, 1.82) is 0 Å². The lowest BCUT2D eigenvalue weighted by Crippen LogP contribution is -2.32. The first kappa shape index (κ1) is 10.7. The van der Waals surface area contributed by atoms with Gasteiger partial charge in [0.25, 0.3) is 0 Å². The summed E-state index contributed by atoms with van der Waals surface area (Å²) in [6, 6.07) is 0.784. The zero-order valence-corrected chi connectivity index (χ0v) is 8.92. The van der Waals surface area contributed by atoms with Gasteiger partial charge in [-0.05, 0) is 46.3 Å². The molecule has 0 aliphatic carbocycles. The topological polar surface area (TPSA) is 15.3 Å². The van der Waals surface area contributed by atoms with Crippen molar-refractivity contribution in [2.75, 3.05) is 26.7 Å². The number of hydrogen-bond donors (Lipinski definition) is 1. The first-order valence-electron chi connectivity index (χ1n) is 5.36. The SMILES string of the molecule is C/C=C/CN(C)C1CCCNCC1. The van der Waals surface area contributed by atoms with E-state index in [-0.39, 0.29) is 0 Å². The molecule has 1 aliphatic heterocycles. The normalized spacial score (nSPS) is 25.3. The van der Waals surface area contributed by atoms with Crippen LogP contribution in [0.5, 0.6) is 0 Å². The zero-order chi connectivity index (χ0) is 9.52. The third-order valence-electron chi connectivity index (χ3n) is 2.80. The Morgan fingerprint density at radius 3 is 3.00 bits per heavy atom. The van der Waals surface area contributed by atoms with E-state index in [1.165, 1.54) is 32.4 Å². The summed E-state index contributed by atoms with van der Waals surface area (Å²) in [5.41, 5.74) is 0. The zero-order valence-electron chi connectivity index (χ0n) is 8.92. The molecule has 13 heavy (non-hydrogen) atoms. The molecule has 1 rings (SSSR count). The lowest BCUT2D eigenvalue weighted by atomic mass is 10.1. The molecule has 0 bridgehead atoms. The highest BCUT2D eigenvalue weighted by Gasteiger charge is 2.14. The fraction of sp³-hybridized carbons (Fsp3) is 0.818. The van der Waals surface area contributed by atoms with Crippen LogP contribution in [0, 0.1) is 0 Å². The lowest BCUT2D eigenvalue weighted by Gasteiger charge is -2.25. The van der Waals surface area contributed by atoms with Gasteiger partial charge in [-0.2, -0.15) is 0 Å². The summed E-state index contributed by atoms with van der Waals surface area (Å²) in [6.45, 7) is 5.57. The number of rotatable bonds is 3. The molecular weight excluding hydrogens is 160 g/mol. The summed E-state index contributed by atoms with van der Waals surface area (Å²) >= 11 is 0. The number of nitrogens with zero attached hydrogens (tertiary/aromatic N) is 1. The van der Waals surface area contributed by atoms with E-state index in [2.05, 4.69) is 36.3 Å². The minimum absolute atomic E-state index is 0.784. The Labute approximate surface area is 82.0 Å². The molecule has 2 heteroatoms. The first-order chi connectivity index (χ1) is 6.34. The van der Waals surface area contributed by atoms with E-state index < -0.39 is 0 Å². The second-order valence-electron chi connectivity index (χ2n) is 3.84. The maximum absolute atomic E-state index is 3.44. The molecule has 1 heterocycles. The summed E-state index contributed by atoms with van der Waals surface area (Å²) in [4.78, 5) is 2.47. The van der Waals surface area contributed by atoms with Gasteiger partial charge in [0.05, 0.1) is 0 Å². The van der Waals surface area contributed by atoms with Crippen LogP contribution in [0.3, 0.4) is 0 Å². The van der Waals surface area contributed by atoms with Crippen LogP contribution in [0.15, 0.2) is 12.2 Å². The van der Waals surface area contributed by atoms with Gasteiger partial charge in [-0.15, -0.1) is 0 Å². The van der Waals surface area contributed by atoms with Gasteiger partial charge in [0, 0.05) is 12.6 Å². The molecule has 1 aliphatic rings. The van der Waals surface area contributed by atoms with Crippen molar-refractivity contribution in [3.63, 3.8) is 0 Å². The van der Waals surface area contributed by atoms with Crippen molar-refractivity contribution in [1.82, 2.24) is 10.2 Å². The Hall–Kier alpha value is -0.340. The van der Waals surface area contributed by atoms with Gasteiger partial charge in [0.1, 0.15) is 0 Å². The van der Waals surface area contributed by atoms with Crippen molar-refractivity contribution in [2.45, 2.75) is 32.2 Å². The average molecular weight is 182 g/mol. The predicted molar refractivity (Wildman–Crippen MR) is 58.0 cm³/mol. The highest BCUT2D eigenvalue weighted by Crippen LogP contribution is 2.11. The summed E-state index contributed by atoms with van der Waals surface area (Å²) in [7, 11) is 2.23. The van der Waals surface area contributed by atoms with Crippen molar-refractivity contribution < 1.29 is 0 Å². The van der Waals surface area contributed by atoms with Gasteiger partial charge in [-0.1, -0.05) is 12.2 Å². The fourth-order valence-electron chi connectivity index (χ4n) is 1.86. The van der Waals surface area contributed by atoms with Gasteiger partial charge < -0.3 is 5.32 Å². The van der Waals surface area contributed by atoms with Crippen molar-refractivity contribution >= 4 is 0 Å². The van der Waals surface area contributed by atoms with Crippen LogP contribution < -0.4 is 5.32 Å². The van der Waals surface area contributed by atoms with Gasteiger partial charge in [0.15, 0.2) is 0 Å². The third-order valence-corrected chi connectivity index (χ3v) is 2.80. The van der Waals surface area contributed by atoms with Crippen LogP contribution in [-0.2, 0) is 0 Å². The van der Waals surface area contributed by atoms with E-state index in [1.54, 1.807) is 0 Å². The van der Waals surface area contributed by atoms with Crippen LogP contribution in [0.2, 0.25) is 0 Å². The maximum Gasteiger partial charge on any atom is 0.0163 e. The molecule has 0 aromatic heterocycles. The van der Waals surface area contributed by atoms with Crippen molar-refractivity contribution in [2.24, 2.45) is 0 Å². The van der Waals surface area contributed by atoms with Crippen LogP contribution in [0.4, 0.5) is 0 Å². The number of likely N-dealkylation sites (N-methyl/N-ethyl adjacent to an activating group) is 1. The molecule has 0 aromatic rings. The van der Waals surface area contributed by atoms with E-state index in [1.807, 2.05) is 0 Å². The van der Waals surface area contributed by atoms with Gasteiger partial charge >= 0.3 is 0 Å². The number of allylic oxidation sites excluding steroid dienone is 1. The molecule has 1 atom stereocenters. The van der Waals surface area contributed by atoms with Crippen molar-refractivity contribution in [3.8, 4) is 0 Å². The van der Waals surface area contributed by atoms with E-state index in [9.17, 15) is 0 Å². The molecule has 0 saturated carbocycles. The monoisotopic (exact) mass is 182 g/mol. The van der Waals surface area contributed by atoms with E-state index >= 15 is 0 Å². The average Bonchev–Trinajstić information content (AvgIpc) is 2.42. The Morgan fingerprint density at radius 2 is 2.23 bits per heavy atom. The molecule has 0 spiro atoms. The van der Waals surface area contributed by atoms with Crippen molar-refractivity contribution in [3.05, 3.63) is 12.2 Å². The summed E-state index contributed by atoms with van der Waals surface area (Å²) in [6.07, 6.45) is 8.34. The molecule has 0 radical (unpaired) electrons. The minimum Gasteiger partial charge on any atom is -0.317 e. The third kappa shape index (κ3) is 3.92. The summed E-state index contributed by atoms with van der Waals surface area (Å²) in [5, 5.41) is 3.44. The van der Waals surface area contributed by atoms with E-state index in [0.29, 0.717) is 0 Å². The molecule has 0 amide bonds. The maximum atomic E-state index is 3.44. The Balaban J connectivity index is 2.30. The predicted octanol–water partition coefficient (Wildman–Crippen LogP) is 1.64. The second-order valence-corrected chi connectivity index (χ2v) is 3.84. The van der Waals surface area contributed by atoms with Crippen LogP contribution in [0.1, 0.15) is 26.2 Å². The lowest BCUT2D eigenvalue weighted by molar-refractivity contribution is 0.247. The summed E-state index contributed by atoms with van der Waals surface area (Å²) in [5.74, 6) is 0. The molecule has 1 saturated heterocycles. The molecule has 1 N–H and O–H groups in total. The Bertz CT molecular complexity index is 146. The smallest absolute Gasteiger partial charge is 0.0163 e. The largest absolute Gasteiger partial charge is 0.317 e. The van der Waals surface area contributed by atoms with Gasteiger partial charge in [-0.25, -0.2) is 0 Å². The summed E-state index contributed by atoms with van der Waals surface area (Å²) < 4.78 is 0. The molecule has 2 nitrogen and oxygen atoms in total. The van der Waals surface area contributed by atoms with Crippen LogP contribution in [0.25, 0.3) is 0 Å². The Morgan fingerprint density at radius 1 is 1.38 bits per heavy atom. The second kappa shape index (κ2) is 6.17. The van der Waals surface area contributed by atoms with E-state index in [4.69, 9.17) is 0 Å². The minimum atomic E-state index is 0.784. The first-order valence-corrected chi connectivity index (χ1v) is 5.36.